The molecule has 0 saturated carbocycles. The maximum atomic E-state index is 13.3. The minimum Gasteiger partial charge on any atom is -0.330 e. The van der Waals surface area contributed by atoms with Crippen LogP contribution < -0.4 is 11.1 Å². The lowest BCUT2D eigenvalue weighted by Crippen LogP contribution is -2.30. The zero-order chi connectivity index (χ0) is 13.7. The van der Waals surface area contributed by atoms with Crippen LogP contribution in [0.15, 0.2) is 18.2 Å². The lowest BCUT2D eigenvalue weighted by molar-refractivity contribution is -0.120. The number of amides is 1. The summed E-state index contributed by atoms with van der Waals surface area (Å²) in [6.07, 6.45) is 0.733. The number of hydrogen-bond acceptors (Lipinski definition) is 2. The number of nitrogens with one attached hydrogen (secondary N) is 1. The molecule has 3 nitrogen and oxygen atoms in total. The van der Waals surface area contributed by atoms with Crippen molar-refractivity contribution in [1.29, 1.82) is 0 Å². The zero-order valence-corrected chi connectivity index (χ0v) is 11.2. The normalized spacial score (nSPS) is 12.6. The van der Waals surface area contributed by atoms with Crippen LogP contribution in [0, 0.1) is 24.6 Å². The standard InChI is InChI=1S/C14H21FN2O/c1-9(2)7-11(8-16)14(18)17-13-6-4-5-12(15)10(13)3/h4-6,9,11H,7-8,16H2,1-3H3,(H,17,18). The first-order valence-corrected chi connectivity index (χ1v) is 6.21. The van der Waals surface area contributed by atoms with Gasteiger partial charge in [0.05, 0.1) is 5.92 Å². The first kappa shape index (κ1) is 14.6. The molecule has 0 radical (unpaired) electrons. The molecule has 100 valence electrons. The highest BCUT2D eigenvalue weighted by atomic mass is 19.1. The Bertz CT molecular complexity index is 418. The van der Waals surface area contributed by atoms with Gasteiger partial charge < -0.3 is 11.1 Å². The van der Waals surface area contributed by atoms with Crippen LogP contribution in [-0.4, -0.2) is 12.5 Å². The van der Waals surface area contributed by atoms with Gasteiger partial charge in [0.1, 0.15) is 5.82 Å². The summed E-state index contributed by atoms with van der Waals surface area (Å²) in [7, 11) is 0. The number of carbonyl (C=O) groups excluding carboxylic acids is 1. The van der Waals surface area contributed by atoms with E-state index in [1.54, 1.807) is 19.1 Å². The van der Waals surface area contributed by atoms with Crippen molar-refractivity contribution in [3.63, 3.8) is 0 Å². The van der Waals surface area contributed by atoms with E-state index in [0.717, 1.165) is 6.42 Å². The van der Waals surface area contributed by atoms with Gasteiger partial charge in [0, 0.05) is 17.8 Å². The predicted octanol–water partition coefficient (Wildman–Crippen LogP) is 2.69. The molecule has 0 bridgehead atoms. The summed E-state index contributed by atoms with van der Waals surface area (Å²) in [6.45, 7) is 6.04. The van der Waals surface area contributed by atoms with Crippen LogP contribution in [0.3, 0.4) is 0 Å². The van der Waals surface area contributed by atoms with Crippen LogP contribution in [0.4, 0.5) is 10.1 Å². The second-order valence-corrected chi connectivity index (χ2v) is 4.96. The number of anilines is 1. The van der Waals surface area contributed by atoms with Gasteiger partial charge in [0.2, 0.25) is 5.91 Å². The molecule has 0 aliphatic carbocycles. The Kier molecular flexibility index (Phi) is 5.28. The third-order valence-electron chi connectivity index (χ3n) is 2.94. The highest BCUT2D eigenvalue weighted by Gasteiger charge is 2.19. The Hall–Kier alpha value is -1.42. The minimum absolute atomic E-state index is 0.139. The Morgan fingerprint density at radius 1 is 1.44 bits per heavy atom. The van der Waals surface area contributed by atoms with Gasteiger partial charge in [0.25, 0.3) is 0 Å². The second-order valence-electron chi connectivity index (χ2n) is 4.96. The van der Waals surface area contributed by atoms with Gasteiger partial charge in [-0.3, -0.25) is 4.79 Å². The fraction of sp³-hybridized carbons (Fsp3) is 0.500. The fourth-order valence-corrected chi connectivity index (χ4v) is 1.86. The molecule has 4 heteroatoms. The third-order valence-corrected chi connectivity index (χ3v) is 2.94. The molecule has 1 unspecified atom stereocenters. The number of benzene rings is 1. The Morgan fingerprint density at radius 3 is 2.67 bits per heavy atom. The molecule has 0 aliphatic heterocycles. The van der Waals surface area contributed by atoms with Crippen molar-refractivity contribution in [3.05, 3.63) is 29.6 Å². The van der Waals surface area contributed by atoms with E-state index in [1.807, 2.05) is 13.8 Å². The molecule has 1 rings (SSSR count). The minimum atomic E-state index is -0.319. The van der Waals surface area contributed by atoms with Crippen LogP contribution in [-0.2, 0) is 4.79 Å². The smallest absolute Gasteiger partial charge is 0.228 e. The third kappa shape index (κ3) is 3.81. The Balaban J connectivity index is 2.77. The summed E-state index contributed by atoms with van der Waals surface area (Å²) in [5.41, 5.74) is 6.57. The van der Waals surface area contributed by atoms with Crippen molar-refractivity contribution in [2.75, 3.05) is 11.9 Å². The van der Waals surface area contributed by atoms with E-state index in [1.165, 1.54) is 6.07 Å². The maximum Gasteiger partial charge on any atom is 0.228 e. The van der Waals surface area contributed by atoms with Crippen molar-refractivity contribution >= 4 is 11.6 Å². The van der Waals surface area contributed by atoms with Crippen molar-refractivity contribution < 1.29 is 9.18 Å². The van der Waals surface area contributed by atoms with E-state index in [4.69, 9.17) is 5.73 Å². The van der Waals surface area contributed by atoms with Gasteiger partial charge in [-0.1, -0.05) is 19.9 Å². The number of nitrogens with two attached hydrogens (primary N) is 1. The van der Waals surface area contributed by atoms with Gasteiger partial charge in [0.15, 0.2) is 0 Å². The Labute approximate surface area is 108 Å². The highest BCUT2D eigenvalue weighted by Crippen LogP contribution is 2.19. The van der Waals surface area contributed by atoms with E-state index >= 15 is 0 Å². The molecule has 1 aromatic carbocycles. The summed E-state index contributed by atoms with van der Waals surface area (Å²) >= 11 is 0. The highest BCUT2D eigenvalue weighted by molar-refractivity contribution is 5.93. The van der Waals surface area contributed by atoms with Crippen molar-refractivity contribution in [3.8, 4) is 0 Å². The number of hydrogen-bond donors (Lipinski definition) is 2. The van der Waals surface area contributed by atoms with Gasteiger partial charge in [-0.25, -0.2) is 4.39 Å². The first-order chi connectivity index (χ1) is 8.45. The molecule has 0 aromatic heterocycles. The van der Waals surface area contributed by atoms with Gasteiger partial charge in [-0.2, -0.15) is 0 Å². The van der Waals surface area contributed by atoms with Gasteiger partial charge in [-0.05, 0) is 31.4 Å². The molecule has 1 atom stereocenters. The fourth-order valence-electron chi connectivity index (χ4n) is 1.86. The summed E-state index contributed by atoms with van der Waals surface area (Å²) in [6, 6.07) is 4.65. The molecule has 1 amide bonds. The molecule has 18 heavy (non-hydrogen) atoms. The lowest BCUT2D eigenvalue weighted by Gasteiger charge is -2.17. The molecule has 0 saturated heterocycles. The van der Waals surface area contributed by atoms with Crippen LogP contribution in [0.25, 0.3) is 0 Å². The molecular weight excluding hydrogens is 231 g/mol. The van der Waals surface area contributed by atoms with E-state index in [9.17, 15) is 9.18 Å². The van der Waals surface area contributed by atoms with E-state index in [2.05, 4.69) is 5.32 Å². The maximum absolute atomic E-state index is 13.3. The predicted molar refractivity (Wildman–Crippen MR) is 71.8 cm³/mol. The van der Waals surface area contributed by atoms with Crippen molar-refractivity contribution in [1.82, 2.24) is 0 Å². The average molecular weight is 252 g/mol. The summed E-state index contributed by atoms with van der Waals surface area (Å²) < 4.78 is 13.3. The zero-order valence-electron chi connectivity index (χ0n) is 11.2. The number of rotatable bonds is 5. The molecule has 0 spiro atoms. The van der Waals surface area contributed by atoms with Gasteiger partial charge >= 0.3 is 0 Å². The van der Waals surface area contributed by atoms with Crippen molar-refractivity contribution in [2.45, 2.75) is 27.2 Å². The quantitative estimate of drug-likeness (QED) is 0.846. The molecule has 0 fully saturated rings. The van der Waals surface area contributed by atoms with Gasteiger partial charge in [-0.15, -0.1) is 0 Å². The van der Waals surface area contributed by atoms with E-state index in [0.29, 0.717) is 23.7 Å². The monoisotopic (exact) mass is 252 g/mol. The SMILES string of the molecule is Cc1c(F)cccc1NC(=O)C(CN)CC(C)C. The molecule has 1 aromatic rings. The number of carbonyl (C=O) groups is 1. The average Bonchev–Trinajstić information content (AvgIpc) is 2.31. The molecular formula is C14H21FN2O. The summed E-state index contributed by atoms with van der Waals surface area (Å²) in [5, 5.41) is 2.75. The van der Waals surface area contributed by atoms with Crippen molar-refractivity contribution in [2.24, 2.45) is 17.6 Å². The largest absolute Gasteiger partial charge is 0.330 e. The second kappa shape index (κ2) is 6.50. The number of halogens is 1. The summed E-state index contributed by atoms with van der Waals surface area (Å²) in [5.74, 6) is -0.286. The topological polar surface area (TPSA) is 55.1 Å². The first-order valence-electron chi connectivity index (χ1n) is 6.21. The van der Waals surface area contributed by atoms with Crippen LogP contribution in [0.2, 0.25) is 0 Å². The van der Waals surface area contributed by atoms with Crippen LogP contribution >= 0.6 is 0 Å². The lowest BCUT2D eigenvalue weighted by atomic mass is 9.96. The van der Waals surface area contributed by atoms with E-state index in [-0.39, 0.29) is 17.6 Å². The summed E-state index contributed by atoms with van der Waals surface area (Å²) in [4.78, 5) is 12.0. The molecule has 0 aliphatic rings. The molecule has 0 heterocycles. The Morgan fingerprint density at radius 2 is 2.11 bits per heavy atom. The van der Waals surface area contributed by atoms with E-state index < -0.39 is 0 Å². The van der Waals surface area contributed by atoms with Crippen LogP contribution in [0.1, 0.15) is 25.8 Å². The van der Waals surface area contributed by atoms with Crippen LogP contribution in [0.5, 0.6) is 0 Å². The molecule has 3 N–H and O–H groups in total.